The van der Waals surface area contributed by atoms with Crippen LogP contribution < -0.4 is 4.74 Å². The zero-order valence-corrected chi connectivity index (χ0v) is 21.6. The molecule has 0 atom stereocenters. The summed E-state index contributed by atoms with van der Waals surface area (Å²) in [6.07, 6.45) is 2.66. The number of benzene rings is 1. The Balaban J connectivity index is 0. The predicted molar refractivity (Wildman–Crippen MR) is 132 cm³/mol. The summed E-state index contributed by atoms with van der Waals surface area (Å²) in [5.74, 6) is 2.57. The number of hydrogen-bond acceptors (Lipinski definition) is 2. The topological polar surface area (TPSA) is 22.1 Å². The van der Waals surface area contributed by atoms with Crippen LogP contribution in [0.25, 0.3) is 0 Å². The summed E-state index contributed by atoms with van der Waals surface area (Å²) in [5.41, 5.74) is 6.86. The standard InChI is InChI=1S/C17H21NO.C6H14.2C2H6/c1-10-7-12(3)16(13(4)8-10)19-17-15(6)11(2)9-14(5)18-17;1-4-6(3)5-2;2*1-2/h7-9H,1-6H3;6H,4-5H2,1-3H3;2*1-2H3. The molecule has 2 aromatic rings. The van der Waals surface area contributed by atoms with Gasteiger partial charge in [0.05, 0.1) is 0 Å². The second kappa shape index (κ2) is 16.0. The van der Waals surface area contributed by atoms with Crippen molar-refractivity contribution in [3.63, 3.8) is 0 Å². The lowest BCUT2D eigenvalue weighted by Gasteiger charge is -2.15. The number of hydrogen-bond donors (Lipinski definition) is 0. The Hall–Kier alpha value is -1.83. The van der Waals surface area contributed by atoms with Crippen LogP contribution in [0.1, 0.15) is 94.8 Å². The fourth-order valence-electron chi connectivity index (χ4n) is 2.68. The van der Waals surface area contributed by atoms with E-state index in [1.54, 1.807) is 0 Å². The van der Waals surface area contributed by atoms with Crippen LogP contribution in [-0.2, 0) is 0 Å². The number of pyridine rings is 1. The van der Waals surface area contributed by atoms with Crippen LogP contribution in [-0.4, -0.2) is 4.98 Å². The molecule has 1 aromatic carbocycles. The molecule has 1 heterocycles. The van der Waals surface area contributed by atoms with E-state index in [1.165, 1.54) is 24.0 Å². The van der Waals surface area contributed by atoms with Crippen molar-refractivity contribution in [3.8, 4) is 11.6 Å². The third-order valence-electron chi connectivity index (χ3n) is 4.81. The fourth-order valence-corrected chi connectivity index (χ4v) is 2.68. The van der Waals surface area contributed by atoms with E-state index in [0.29, 0.717) is 5.88 Å². The third-order valence-corrected chi connectivity index (χ3v) is 4.81. The van der Waals surface area contributed by atoms with E-state index < -0.39 is 0 Å². The van der Waals surface area contributed by atoms with Gasteiger partial charge in [0.15, 0.2) is 0 Å². The summed E-state index contributed by atoms with van der Waals surface area (Å²) in [6, 6.07) is 6.36. The second-order valence-corrected chi connectivity index (χ2v) is 7.26. The van der Waals surface area contributed by atoms with Gasteiger partial charge in [0.1, 0.15) is 5.75 Å². The highest BCUT2D eigenvalue weighted by Crippen LogP contribution is 2.31. The van der Waals surface area contributed by atoms with Gasteiger partial charge >= 0.3 is 0 Å². The lowest BCUT2D eigenvalue weighted by Crippen LogP contribution is -1.99. The van der Waals surface area contributed by atoms with Gasteiger partial charge in [0.25, 0.3) is 0 Å². The third kappa shape index (κ3) is 10.5. The molecule has 0 fully saturated rings. The molecule has 2 heteroatoms. The van der Waals surface area contributed by atoms with E-state index in [0.717, 1.165) is 34.1 Å². The summed E-state index contributed by atoms with van der Waals surface area (Å²) in [4.78, 5) is 4.51. The fraction of sp³-hybridized carbons (Fsp3) is 0.593. The monoisotopic (exact) mass is 401 g/mol. The number of nitrogens with zero attached hydrogens (tertiary/aromatic N) is 1. The molecule has 0 N–H and O–H groups in total. The molecule has 2 rings (SSSR count). The second-order valence-electron chi connectivity index (χ2n) is 7.26. The Labute approximate surface area is 182 Å². The van der Waals surface area contributed by atoms with E-state index in [9.17, 15) is 0 Å². The van der Waals surface area contributed by atoms with Crippen LogP contribution in [0.4, 0.5) is 0 Å². The van der Waals surface area contributed by atoms with Crippen LogP contribution in [0, 0.1) is 47.5 Å². The van der Waals surface area contributed by atoms with Gasteiger partial charge in [-0.25, -0.2) is 4.98 Å². The Kier molecular flexibility index (Phi) is 16.2. The van der Waals surface area contributed by atoms with Gasteiger partial charge in [0, 0.05) is 11.3 Å². The maximum atomic E-state index is 6.08. The first-order valence-electron chi connectivity index (χ1n) is 11.4. The van der Waals surface area contributed by atoms with Crippen molar-refractivity contribution in [3.05, 3.63) is 51.7 Å². The van der Waals surface area contributed by atoms with Gasteiger partial charge in [0.2, 0.25) is 5.88 Å². The van der Waals surface area contributed by atoms with E-state index in [2.05, 4.69) is 78.6 Å². The average Bonchev–Trinajstić information content (AvgIpc) is 2.71. The minimum atomic E-state index is 0.715. The summed E-state index contributed by atoms with van der Waals surface area (Å²) < 4.78 is 6.08. The molecular formula is C27H47NO. The molecule has 0 radical (unpaired) electrons. The molecule has 1 aromatic heterocycles. The molecule has 166 valence electrons. The van der Waals surface area contributed by atoms with Gasteiger partial charge in [-0.1, -0.05) is 79.0 Å². The molecule has 0 saturated carbocycles. The van der Waals surface area contributed by atoms with Gasteiger partial charge < -0.3 is 4.74 Å². The molecule has 0 saturated heterocycles. The molecule has 0 aliphatic carbocycles. The number of ether oxygens (including phenoxy) is 1. The number of aryl methyl sites for hydroxylation is 5. The maximum absolute atomic E-state index is 6.08. The molecule has 29 heavy (non-hydrogen) atoms. The SMILES string of the molecule is CC.CC.CCC(C)CC.Cc1cc(C)c(Oc2nc(C)cc(C)c2C)c(C)c1. The first-order chi connectivity index (χ1) is 13.7. The highest BCUT2D eigenvalue weighted by atomic mass is 16.5. The molecule has 0 aliphatic heterocycles. The van der Waals surface area contributed by atoms with E-state index in [-0.39, 0.29) is 0 Å². The minimum Gasteiger partial charge on any atom is -0.438 e. The smallest absolute Gasteiger partial charge is 0.222 e. The van der Waals surface area contributed by atoms with Gasteiger partial charge in [-0.15, -0.1) is 0 Å². The van der Waals surface area contributed by atoms with Crippen molar-refractivity contribution in [2.75, 3.05) is 0 Å². The van der Waals surface area contributed by atoms with Crippen molar-refractivity contribution < 1.29 is 4.74 Å². The normalized spacial score (nSPS) is 9.45. The zero-order chi connectivity index (χ0) is 23.1. The van der Waals surface area contributed by atoms with Crippen molar-refractivity contribution in [1.29, 1.82) is 0 Å². The lowest BCUT2D eigenvalue weighted by atomic mass is 10.1. The molecule has 2 nitrogen and oxygen atoms in total. The zero-order valence-electron chi connectivity index (χ0n) is 21.6. The summed E-state index contributed by atoms with van der Waals surface area (Å²) in [6.45, 7) is 27.1. The molecule has 0 amide bonds. The average molecular weight is 402 g/mol. The summed E-state index contributed by atoms with van der Waals surface area (Å²) in [5, 5.41) is 0. The minimum absolute atomic E-state index is 0.715. The van der Waals surface area contributed by atoms with Crippen molar-refractivity contribution in [2.45, 2.75) is 103 Å². The van der Waals surface area contributed by atoms with Crippen molar-refractivity contribution in [1.82, 2.24) is 4.98 Å². The van der Waals surface area contributed by atoms with Gasteiger partial charge in [-0.05, 0) is 70.2 Å². The van der Waals surface area contributed by atoms with Gasteiger partial charge in [-0.3, -0.25) is 0 Å². The Bertz CT molecular complexity index is 677. The summed E-state index contributed by atoms with van der Waals surface area (Å²) in [7, 11) is 0. The Morgan fingerprint density at radius 2 is 1.21 bits per heavy atom. The molecule has 0 bridgehead atoms. The van der Waals surface area contributed by atoms with Crippen molar-refractivity contribution >= 4 is 0 Å². The van der Waals surface area contributed by atoms with E-state index in [4.69, 9.17) is 4.74 Å². The molecular weight excluding hydrogens is 354 g/mol. The highest BCUT2D eigenvalue weighted by Gasteiger charge is 2.11. The van der Waals surface area contributed by atoms with Crippen LogP contribution in [0.2, 0.25) is 0 Å². The summed E-state index contributed by atoms with van der Waals surface area (Å²) >= 11 is 0. The van der Waals surface area contributed by atoms with Crippen molar-refractivity contribution in [2.24, 2.45) is 5.92 Å². The van der Waals surface area contributed by atoms with Crippen LogP contribution >= 0.6 is 0 Å². The maximum Gasteiger partial charge on any atom is 0.222 e. The molecule has 0 spiro atoms. The van der Waals surface area contributed by atoms with Crippen LogP contribution in [0.15, 0.2) is 18.2 Å². The van der Waals surface area contributed by atoms with Crippen LogP contribution in [0.3, 0.4) is 0 Å². The highest BCUT2D eigenvalue weighted by molar-refractivity contribution is 5.46. The quantitative estimate of drug-likeness (QED) is 0.509. The van der Waals surface area contributed by atoms with Gasteiger partial charge in [-0.2, -0.15) is 0 Å². The van der Waals surface area contributed by atoms with Crippen LogP contribution in [0.5, 0.6) is 11.6 Å². The molecule has 0 aliphatic rings. The number of aromatic nitrogens is 1. The first-order valence-corrected chi connectivity index (χ1v) is 11.4. The largest absolute Gasteiger partial charge is 0.438 e. The van der Waals surface area contributed by atoms with E-state index in [1.807, 2.05) is 34.6 Å². The predicted octanol–water partition coefficient (Wildman–Crippen LogP) is 9.22. The lowest BCUT2D eigenvalue weighted by molar-refractivity contribution is 0.450. The molecule has 0 unspecified atom stereocenters. The Morgan fingerprint density at radius 1 is 0.759 bits per heavy atom. The number of rotatable bonds is 4. The Morgan fingerprint density at radius 3 is 1.59 bits per heavy atom. The first kappa shape index (κ1) is 29.4. The van der Waals surface area contributed by atoms with E-state index >= 15 is 0 Å².